The highest BCUT2D eigenvalue weighted by Crippen LogP contribution is 2.45. The Bertz CT molecular complexity index is 996. The molecule has 0 amide bonds. The smallest absolute Gasteiger partial charge is 0.402 e. The molecule has 9 heteroatoms. The van der Waals surface area contributed by atoms with Gasteiger partial charge in [-0.2, -0.15) is 13.2 Å². The zero-order valence-corrected chi connectivity index (χ0v) is 14.5. The van der Waals surface area contributed by atoms with Crippen LogP contribution in [0, 0.1) is 6.92 Å². The Hall–Kier alpha value is -2.68. The van der Waals surface area contributed by atoms with Crippen LogP contribution in [0.4, 0.5) is 19.2 Å². The molecule has 0 saturated heterocycles. The summed E-state index contributed by atoms with van der Waals surface area (Å²) in [5.74, 6) is 0.213. The Morgan fingerprint density at radius 1 is 1.22 bits per heavy atom. The molecule has 1 aliphatic carbocycles. The number of benzene rings is 1. The highest BCUT2D eigenvalue weighted by atomic mass is 19.4. The first kappa shape index (κ1) is 17.7. The van der Waals surface area contributed by atoms with Gasteiger partial charge in [0, 0.05) is 11.9 Å². The van der Waals surface area contributed by atoms with Gasteiger partial charge in [-0.05, 0) is 55.0 Å². The topological polar surface area (TPSA) is 84.1 Å². The molecule has 1 saturated carbocycles. The number of aliphatic hydroxyl groups is 1. The summed E-state index contributed by atoms with van der Waals surface area (Å²) in [5.41, 5.74) is 0.677. The van der Waals surface area contributed by atoms with Crippen LogP contribution in [0.25, 0.3) is 22.5 Å². The fraction of sp³-hybridized carbons (Fsp3) is 0.389. The van der Waals surface area contributed by atoms with E-state index in [1.807, 2.05) is 0 Å². The van der Waals surface area contributed by atoms with Crippen LogP contribution in [0.3, 0.4) is 0 Å². The summed E-state index contributed by atoms with van der Waals surface area (Å²) in [6, 6.07) is 4.72. The quantitative estimate of drug-likeness (QED) is 0.701. The molecule has 2 N–H and O–H groups in total. The number of hydrogen-bond acceptors (Lipinski definition) is 6. The second kappa shape index (κ2) is 6.49. The number of nitrogens with zero attached hydrogens (tertiary/aromatic N) is 3. The van der Waals surface area contributed by atoms with Gasteiger partial charge in [0.25, 0.3) is 5.89 Å². The lowest BCUT2D eigenvalue weighted by atomic mass is 9.98. The van der Waals surface area contributed by atoms with Gasteiger partial charge in [0.2, 0.25) is 0 Å². The maximum absolute atomic E-state index is 13.7. The number of halogens is 3. The molecular formula is C18H17F3N4O2. The molecule has 1 aliphatic rings. The average molecular weight is 378 g/mol. The van der Waals surface area contributed by atoms with Crippen LogP contribution < -0.4 is 5.32 Å². The molecule has 27 heavy (non-hydrogen) atoms. The molecule has 0 atom stereocenters. The van der Waals surface area contributed by atoms with Gasteiger partial charge in [0.05, 0.1) is 17.7 Å². The Balaban J connectivity index is 1.84. The molecule has 2 aromatic heterocycles. The van der Waals surface area contributed by atoms with Crippen LogP contribution in [-0.4, -0.2) is 33.4 Å². The van der Waals surface area contributed by atoms with Gasteiger partial charge in [-0.15, -0.1) is 5.10 Å². The number of aliphatic hydroxyl groups excluding tert-OH is 1. The van der Waals surface area contributed by atoms with Gasteiger partial charge in [-0.3, -0.25) is 0 Å². The number of hydrogen-bond donors (Lipinski definition) is 2. The Kier molecular flexibility index (Phi) is 4.26. The summed E-state index contributed by atoms with van der Waals surface area (Å²) in [7, 11) is 0. The van der Waals surface area contributed by atoms with E-state index in [4.69, 9.17) is 9.52 Å². The fourth-order valence-electron chi connectivity index (χ4n) is 3.05. The van der Waals surface area contributed by atoms with Gasteiger partial charge in [0.15, 0.2) is 0 Å². The zero-order valence-electron chi connectivity index (χ0n) is 14.5. The molecule has 6 nitrogen and oxygen atoms in total. The molecule has 142 valence electrons. The monoisotopic (exact) mass is 378 g/mol. The van der Waals surface area contributed by atoms with Crippen molar-refractivity contribution in [1.82, 2.24) is 15.2 Å². The molecule has 4 rings (SSSR count). The summed E-state index contributed by atoms with van der Waals surface area (Å²) < 4.78 is 46.4. The lowest BCUT2D eigenvalue weighted by molar-refractivity contribution is -0.136. The summed E-state index contributed by atoms with van der Waals surface area (Å²) in [5, 5.41) is 19.6. The summed E-state index contributed by atoms with van der Waals surface area (Å²) >= 11 is 0. The zero-order chi connectivity index (χ0) is 19.2. The third-order valence-corrected chi connectivity index (χ3v) is 4.53. The number of fused-ring (bicyclic) bond motifs is 1. The van der Waals surface area contributed by atoms with E-state index in [1.54, 1.807) is 19.1 Å². The number of nitrogens with one attached hydrogen (secondary N) is 1. The van der Waals surface area contributed by atoms with Gasteiger partial charge in [0.1, 0.15) is 5.69 Å². The lowest BCUT2D eigenvalue weighted by Crippen LogP contribution is -2.08. The van der Waals surface area contributed by atoms with Crippen molar-refractivity contribution in [3.63, 3.8) is 0 Å². The van der Waals surface area contributed by atoms with E-state index in [9.17, 15) is 13.2 Å². The summed E-state index contributed by atoms with van der Waals surface area (Å²) in [6.07, 6.45) is -2.68. The van der Waals surface area contributed by atoms with Crippen molar-refractivity contribution in [3.8, 4) is 11.6 Å². The number of rotatable bonds is 5. The molecule has 0 unspecified atom stereocenters. The molecule has 1 fully saturated rings. The van der Waals surface area contributed by atoms with Gasteiger partial charge >= 0.3 is 12.2 Å². The maximum atomic E-state index is 13.7. The van der Waals surface area contributed by atoms with Crippen LogP contribution in [0.15, 0.2) is 22.6 Å². The van der Waals surface area contributed by atoms with Gasteiger partial charge in [-0.25, -0.2) is 4.98 Å². The van der Waals surface area contributed by atoms with Crippen molar-refractivity contribution >= 4 is 16.9 Å². The third-order valence-electron chi connectivity index (χ3n) is 4.53. The van der Waals surface area contributed by atoms with Crippen LogP contribution in [0.1, 0.15) is 35.4 Å². The predicted octanol–water partition coefficient (Wildman–Crippen LogP) is 3.89. The SMILES string of the molecule is Cc1cc(-c2nnc(NCCO)o2)nc2c(C(F)(F)F)cc(C3CC3)cc12. The minimum Gasteiger partial charge on any atom is -0.402 e. The third kappa shape index (κ3) is 3.46. The van der Waals surface area contributed by atoms with E-state index < -0.39 is 11.7 Å². The van der Waals surface area contributed by atoms with Gasteiger partial charge in [-0.1, -0.05) is 5.10 Å². The van der Waals surface area contributed by atoms with E-state index in [0.29, 0.717) is 16.5 Å². The average Bonchev–Trinajstić information content (AvgIpc) is 3.36. The minimum atomic E-state index is -4.51. The van der Waals surface area contributed by atoms with E-state index in [1.165, 1.54) is 6.07 Å². The van der Waals surface area contributed by atoms with Crippen molar-refractivity contribution in [2.45, 2.75) is 31.9 Å². The number of alkyl halides is 3. The van der Waals surface area contributed by atoms with Crippen LogP contribution in [0.5, 0.6) is 0 Å². The number of aryl methyl sites for hydroxylation is 1. The molecular weight excluding hydrogens is 361 g/mol. The predicted molar refractivity (Wildman–Crippen MR) is 92.3 cm³/mol. The second-order valence-electron chi connectivity index (χ2n) is 6.62. The first-order valence-corrected chi connectivity index (χ1v) is 8.58. The van der Waals surface area contributed by atoms with E-state index >= 15 is 0 Å². The molecule has 0 bridgehead atoms. The van der Waals surface area contributed by atoms with Crippen LogP contribution in [-0.2, 0) is 6.18 Å². The van der Waals surface area contributed by atoms with E-state index in [2.05, 4.69) is 20.5 Å². The summed E-state index contributed by atoms with van der Waals surface area (Å²) in [4.78, 5) is 4.19. The molecule has 3 aromatic rings. The highest BCUT2D eigenvalue weighted by Gasteiger charge is 2.36. The molecule has 2 heterocycles. The molecule has 1 aromatic carbocycles. The molecule has 0 radical (unpaired) electrons. The molecule has 0 spiro atoms. The number of pyridine rings is 1. The first-order chi connectivity index (χ1) is 12.9. The Morgan fingerprint density at radius 2 is 2.00 bits per heavy atom. The van der Waals surface area contributed by atoms with Crippen molar-refractivity contribution in [1.29, 1.82) is 0 Å². The standard InChI is InChI=1S/C18H17F3N4O2/c1-9-6-14(16-24-25-17(27-16)22-4-5-26)23-15-12(9)7-11(10-2-3-10)8-13(15)18(19,20)21/h6-8,10,26H,2-5H2,1H3,(H,22,25). The van der Waals surface area contributed by atoms with E-state index in [-0.39, 0.29) is 42.2 Å². The second-order valence-corrected chi connectivity index (χ2v) is 6.62. The van der Waals surface area contributed by atoms with Crippen molar-refractivity contribution in [2.75, 3.05) is 18.5 Å². The lowest BCUT2D eigenvalue weighted by Gasteiger charge is -2.14. The van der Waals surface area contributed by atoms with Crippen molar-refractivity contribution in [2.24, 2.45) is 0 Å². The minimum absolute atomic E-state index is 0.0137. The normalized spacial score (nSPS) is 14.7. The number of aromatic nitrogens is 3. The Labute approximate surface area is 152 Å². The largest absolute Gasteiger partial charge is 0.418 e. The maximum Gasteiger partial charge on any atom is 0.418 e. The van der Waals surface area contributed by atoms with Crippen LogP contribution in [0.2, 0.25) is 0 Å². The van der Waals surface area contributed by atoms with Crippen molar-refractivity contribution < 1.29 is 22.7 Å². The van der Waals surface area contributed by atoms with Crippen LogP contribution >= 0.6 is 0 Å². The fourth-order valence-corrected chi connectivity index (χ4v) is 3.05. The van der Waals surface area contributed by atoms with Crippen molar-refractivity contribution in [3.05, 3.63) is 34.9 Å². The number of anilines is 1. The summed E-state index contributed by atoms with van der Waals surface area (Å²) in [6.45, 7) is 1.84. The van der Waals surface area contributed by atoms with Gasteiger partial charge < -0.3 is 14.8 Å². The highest BCUT2D eigenvalue weighted by molar-refractivity contribution is 5.88. The first-order valence-electron chi connectivity index (χ1n) is 8.58. The molecule has 0 aliphatic heterocycles. The Morgan fingerprint density at radius 3 is 2.67 bits per heavy atom. The van der Waals surface area contributed by atoms with E-state index in [0.717, 1.165) is 12.8 Å².